The molecular formula is C25H50N4O5. The molecular weight excluding hydrogens is 436 g/mol. The van der Waals surface area contributed by atoms with Crippen molar-refractivity contribution in [2.45, 2.75) is 105 Å². The molecule has 34 heavy (non-hydrogen) atoms. The molecule has 0 spiro atoms. The molecule has 0 radical (unpaired) electrons. The maximum absolute atomic E-state index is 13.1. The maximum Gasteiger partial charge on any atom is 0.408 e. The molecule has 2 unspecified atom stereocenters. The predicted molar refractivity (Wildman–Crippen MR) is 135 cm³/mol. The van der Waals surface area contributed by atoms with E-state index in [0.29, 0.717) is 19.4 Å². The third-order valence-electron chi connectivity index (χ3n) is 5.27. The van der Waals surface area contributed by atoms with Crippen molar-refractivity contribution in [2.24, 2.45) is 11.8 Å². The van der Waals surface area contributed by atoms with E-state index in [1.165, 1.54) is 0 Å². The van der Waals surface area contributed by atoms with Crippen LogP contribution in [0.25, 0.3) is 0 Å². The highest BCUT2D eigenvalue weighted by molar-refractivity contribution is 5.86. The molecule has 3 atom stereocenters. The number of hydrogen-bond acceptors (Lipinski definition) is 6. The quantitative estimate of drug-likeness (QED) is 0.282. The van der Waals surface area contributed by atoms with Gasteiger partial charge in [0, 0.05) is 13.1 Å². The van der Waals surface area contributed by atoms with Crippen LogP contribution in [0, 0.1) is 11.8 Å². The summed E-state index contributed by atoms with van der Waals surface area (Å²) < 4.78 is 5.30. The minimum absolute atomic E-state index is 0.107. The van der Waals surface area contributed by atoms with Gasteiger partial charge in [0.05, 0.1) is 18.6 Å². The Kier molecular flexibility index (Phi) is 15.0. The number of aliphatic hydroxyl groups excluding tert-OH is 1. The van der Waals surface area contributed by atoms with Crippen molar-refractivity contribution in [1.29, 1.82) is 0 Å². The van der Waals surface area contributed by atoms with E-state index >= 15 is 0 Å². The number of rotatable bonds is 15. The summed E-state index contributed by atoms with van der Waals surface area (Å²) in [6.45, 7) is 20.4. The molecule has 0 aliphatic heterocycles. The third-order valence-corrected chi connectivity index (χ3v) is 5.27. The minimum atomic E-state index is -1.04. The first-order valence-corrected chi connectivity index (χ1v) is 12.6. The molecule has 0 aromatic heterocycles. The summed E-state index contributed by atoms with van der Waals surface area (Å²) in [4.78, 5) is 39.9. The van der Waals surface area contributed by atoms with Crippen LogP contribution in [0.5, 0.6) is 0 Å². The van der Waals surface area contributed by atoms with Gasteiger partial charge in [0.1, 0.15) is 11.6 Å². The number of carbonyl (C=O) groups is 3. The van der Waals surface area contributed by atoms with E-state index in [9.17, 15) is 19.5 Å². The maximum atomic E-state index is 13.1. The largest absolute Gasteiger partial charge is 0.444 e. The molecule has 0 aliphatic rings. The minimum Gasteiger partial charge on any atom is -0.444 e. The normalized spacial score (nSPS) is 14.6. The van der Waals surface area contributed by atoms with Crippen LogP contribution in [0.15, 0.2) is 0 Å². The Labute approximate surface area is 206 Å². The number of nitrogens with zero attached hydrogens (tertiary/aromatic N) is 1. The Bertz CT molecular complexity index is 615. The molecule has 4 N–H and O–H groups in total. The molecule has 200 valence electrons. The van der Waals surface area contributed by atoms with Crippen LogP contribution in [0.2, 0.25) is 0 Å². The summed E-state index contributed by atoms with van der Waals surface area (Å²) in [5.41, 5.74) is -0.683. The van der Waals surface area contributed by atoms with E-state index < -0.39 is 35.8 Å². The summed E-state index contributed by atoms with van der Waals surface area (Å²) >= 11 is 0. The van der Waals surface area contributed by atoms with Crippen molar-refractivity contribution in [3.63, 3.8) is 0 Å². The molecule has 0 saturated carbocycles. The Morgan fingerprint density at radius 3 is 1.97 bits per heavy atom. The number of amides is 3. The van der Waals surface area contributed by atoms with Crippen molar-refractivity contribution in [1.82, 2.24) is 20.9 Å². The van der Waals surface area contributed by atoms with Gasteiger partial charge >= 0.3 is 6.09 Å². The zero-order valence-corrected chi connectivity index (χ0v) is 22.9. The first kappa shape index (κ1) is 32.1. The molecule has 0 aliphatic carbocycles. The fourth-order valence-corrected chi connectivity index (χ4v) is 3.55. The Hall–Kier alpha value is -1.87. The molecule has 0 fully saturated rings. The second-order valence-corrected chi connectivity index (χ2v) is 10.7. The average Bonchev–Trinajstić information content (AvgIpc) is 2.68. The smallest absolute Gasteiger partial charge is 0.408 e. The summed E-state index contributed by atoms with van der Waals surface area (Å²) in [6.07, 6.45) is -0.894. The lowest BCUT2D eigenvalue weighted by atomic mass is 9.96. The number of aliphatic hydroxyl groups is 1. The highest BCUT2D eigenvalue weighted by Crippen LogP contribution is 2.14. The molecule has 0 saturated heterocycles. The Morgan fingerprint density at radius 1 is 0.941 bits per heavy atom. The molecule has 0 aromatic carbocycles. The first-order valence-electron chi connectivity index (χ1n) is 12.6. The number of ether oxygens (including phenoxy) is 1. The van der Waals surface area contributed by atoms with Gasteiger partial charge in [-0.2, -0.15) is 0 Å². The molecule has 9 heteroatoms. The summed E-state index contributed by atoms with van der Waals surface area (Å²) in [5.74, 6) is -0.316. The van der Waals surface area contributed by atoms with Gasteiger partial charge in [-0.25, -0.2) is 4.79 Å². The second-order valence-electron chi connectivity index (χ2n) is 10.7. The van der Waals surface area contributed by atoms with Gasteiger partial charge in [-0.1, -0.05) is 41.5 Å². The number of nitrogens with one attached hydrogen (secondary N) is 3. The number of alkyl carbamates (subject to hydrolysis) is 1. The Balaban J connectivity index is 5.14. The number of likely N-dealkylation sites (N-methyl/N-ethyl adjacent to an activating group) is 1. The van der Waals surface area contributed by atoms with Crippen molar-refractivity contribution < 1.29 is 24.2 Å². The SMILES string of the molecule is CCN(CC)CCNC(=O)CC(O)C(CC(C)C)NC(=O)[C@H](CC(C)C)NC(=O)OC(C)(C)C. The standard InChI is InChI=1S/C25H50N4O5/c1-10-29(11-2)13-12-26-22(31)16-21(30)19(14-17(3)4)27-23(32)20(15-18(5)6)28-24(33)34-25(7,8)9/h17-21,30H,10-16H2,1-9H3,(H,26,31)(H,27,32)(H,28,33)/t19?,20-,21?/m0/s1. The van der Waals surface area contributed by atoms with Gasteiger partial charge < -0.3 is 30.7 Å². The molecule has 3 amide bonds. The monoisotopic (exact) mass is 486 g/mol. The zero-order valence-electron chi connectivity index (χ0n) is 22.9. The van der Waals surface area contributed by atoms with E-state index in [4.69, 9.17) is 4.74 Å². The van der Waals surface area contributed by atoms with Gasteiger partial charge in [0.25, 0.3) is 0 Å². The first-order chi connectivity index (χ1) is 15.7. The van der Waals surface area contributed by atoms with Crippen LogP contribution in [0.3, 0.4) is 0 Å². The van der Waals surface area contributed by atoms with E-state index in [2.05, 4.69) is 34.7 Å². The summed E-state index contributed by atoms with van der Waals surface area (Å²) in [7, 11) is 0. The fraction of sp³-hybridized carbons (Fsp3) is 0.880. The van der Waals surface area contributed by atoms with Crippen LogP contribution >= 0.6 is 0 Å². The summed E-state index contributed by atoms with van der Waals surface area (Å²) in [6, 6.07) is -1.42. The third kappa shape index (κ3) is 15.1. The number of carbonyl (C=O) groups excluding carboxylic acids is 3. The van der Waals surface area contributed by atoms with Gasteiger partial charge in [-0.3, -0.25) is 9.59 Å². The summed E-state index contributed by atoms with van der Waals surface area (Å²) in [5, 5.41) is 19.1. The molecule has 9 nitrogen and oxygen atoms in total. The van der Waals surface area contributed by atoms with Crippen molar-refractivity contribution in [3.05, 3.63) is 0 Å². The van der Waals surface area contributed by atoms with Crippen LogP contribution in [0.1, 0.15) is 81.6 Å². The van der Waals surface area contributed by atoms with Gasteiger partial charge in [0.15, 0.2) is 0 Å². The second kappa shape index (κ2) is 15.9. The average molecular weight is 487 g/mol. The topological polar surface area (TPSA) is 120 Å². The van der Waals surface area contributed by atoms with E-state index in [0.717, 1.165) is 19.6 Å². The number of hydrogen-bond donors (Lipinski definition) is 4. The van der Waals surface area contributed by atoms with Crippen LogP contribution in [0.4, 0.5) is 4.79 Å². The molecule has 0 aromatic rings. The lowest BCUT2D eigenvalue weighted by Crippen LogP contribution is -2.54. The van der Waals surface area contributed by atoms with Crippen molar-refractivity contribution in [3.8, 4) is 0 Å². The van der Waals surface area contributed by atoms with Crippen molar-refractivity contribution >= 4 is 17.9 Å². The Morgan fingerprint density at radius 2 is 1.50 bits per heavy atom. The van der Waals surface area contributed by atoms with Crippen LogP contribution in [-0.2, 0) is 14.3 Å². The lowest BCUT2D eigenvalue weighted by molar-refractivity contribution is -0.128. The van der Waals surface area contributed by atoms with Gasteiger partial charge in [-0.05, 0) is 58.5 Å². The highest BCUT2D eigenvalue weighted by atomic mass is 16.6. The van der Waals surface area contributed by atoms with Gasteiger partial charge in [-0.15, -0.1) is 0 Å². The van der Waals surface area contributed by atoms with E-state index in [1.54, 1.807) is 20.8 Å². The fourth-order valence-electron chi connectivity index (χ4n) is 3.55. The van der Waals surface area contributed by atoms with Crippen LogP contribution < -0.4 is 16.0 Å². The zero-order chi connectivity index (χ0) is 26.5. The molecule has 0 bridgehead atoms. The predicted octanol–water partition coefficient (Wildman–Crippen LogP) is 2.67. The van der Waals surface area contributed by atoms with Gasteiger partial charge in [0.2, 0.25) is 11.8 Å². The molecule has 0 heterocycles. The lowest BCUT2D eigenvalue weighted by Gasteiger charge is -2.29. The van der Waals surface area contributed by atoms with Crippen LogP contribution in [-0.4, -0.2) is 77.9 Å². The highest BCUT2D eigenvalue weighted by Gasteiger charge is 2.30. The van der Waals surface area contributed by atoms with E-state index in [-0.39, 0.29) is 24.2 Å². The molecule has 0 rings (SSSR count). The van der Waals surface area contributed by atoms with Crippen molar-refractivity contribution in [2.75, 3.05) is 26.2 Å². The van der Waals surface area contributed by atoms with E-state index in [1.807, 2.05) is 27.7 Å².